The van der Waals surface area contributed by atoms with Crippen molar-refractivity contribution in [3.63, 3.8) is 0 Å². The number of methoxy groups -OCH3 is 2. The third-order valence-electron chi connectivity index (χ3n) is 5.09. The van der Waals surface area contributed by atoms with E-state index in [0.29, 0.717) is 39.6 Å². The number of anilines is 1. The molecule has 4 rings (SSSR count). The average molecular weight is 441 g/mol. The van der Waals surface area contributed by atoms with E-state index in [1.807, 2.05) is 42.5 Å². The summed E-state index contributed by atoms with van der Waals surface area (Å²) in [6.07, 6.45) is 3.60. The van der Waals surface area contributed by atoms with Crippen LogP contribution >= 0.6 is 0 Å². The monoisotopic (exact) mass is 441 g/mol. The zero-order valence-electron chi connectivity index (χ0n) is 18.5. The van der Waals surface area contributed by atoms with Gasteiger partial charge in [-0.15, -0.1) is 0 Å². The second-order valence-electron chi connectivity index (χ2n) is 7.27. The summed E-state index contributed by atoms with van der Waals surface area (Å²) in [5.74, 6) is 1.49. The number of rotatable bonds is 6. The summed E-state index contributed by atoms with van der Waals surface area (Å²) in [6.45, 7) is 1.45. The van der Waals surface area contributed by atoms with Crippen LogP contribution in [-0.4, -0.2) is 29.7 Å². The van der Waals surface area contributed by atoms with Gasteiger partial charge in [0, 0.05) is 18.2 Å². The fraction of sp³-hybridized carbons (Fsp3) is 0.115. The van der Waals surface area contributed by atoms with E-state index >= 15 is 0 Å². The van der Waals surface area contributed by atoms with Crippen LogP contribution < -0.4 is 20.3 Å². The van der Waals surface area contributed by atoms with Crippen LogP contribution in [0.3, 0.4) is 0 Å². The van der Waals surface area contributed by atoms with Crippen molar-refractivity contribution in [1.29, 1.82) is 0 Å². The summed E-state index contributed by atoms with van der Waals surface area (Å²) >= 11 is 0. The minimum Gasteiger partial charge on any atom is -0.493 e. The molecule has 1 heterocycles. The largest absolute Gasteiger partial charge is 0.493 e. The van der Waals surface area contributed by atoms with Gasteiger partial charge in [0.05, 0.1) is 30.8 Å². The van der Waals surface area contributed by atoms with Gasteiger partial charge in [-0.2, -0.15) is 0 Å². The number of hydrogen-bond acceptors (Lipinski definition) is 5. The maximum Gasteiger partial charge on any atom is 0.266 e. The first-order valence-electron chi connectivity index (χ1n) is 10.3. The number of nitrogens with zero attached hydrogens (tertiary/aromatic N) is 2. The third-order valence-corrected chi connectivity index (χ3v) is 5.09. The first-order chi connectivity index (χ1) is 16.0. The van der Waals surface area contributed by atoms with Crippen molar-refractivity contribution in [2.24, 2.45) is 0 Å². The van der Waals surface area contributed by atoms with Crippen molar-refractivity contribution in [2.75, 3.05) is 19.5 Å². The Labute approximate surface area is 190 Å². The van der Waals surface area contributed by atoms with Gasteiger partial charge >= 0.3 is 0 Å². The van der Waals surface area contributed by atoms with E-state index in [1.54, 1.807) is 55.2 Å². The van der Waals surface area contributed by atoms with Gasteiger partial charge in [-0.25, -0.2) is 4.98 Å². The molecule has 4 aromatic rings. The number of benzene rings is 3. The van der Waals surface area contributed by atoms with E-state index in [2.05, 4.69) is 5.32 Å². The van der Waals surface area contributed by atoms with E-state index in [-0.39, 0.29) is 11.5 Å². The van der Waals surface area contributed by atoms with Gasteiger partial charge in [0.2, 0.25) is 5.91 Å². The van der Waals surface area contributed by atoms with Crippen molar-refractivity contribution in [3.05, 3.63) is 88.5 Å². The van der Waals surface area contributed by atoms with E-state index in [0.717, 1.165) is 5.56 Å². The summed E-state index contributed by atoms with van der Waals surface area (Å²) in [7, 11) is 3.16. The number of fused-ring (bicyclic) bond motifs is 1. The van der Waals surface area contributed by atoms with Crippen LogP contribution in [0.25, 0.3) is 28.7 Å². The molecule has 7 heteroatoms. The van der Waals surface area contributed by atoms with Crippen LogP contribution in [0.15, 0.2) is 71.5 Å². The molecule has 0 unspecified atom stereocenters. The number of aromatic nitrogens is 2. The molecular formula is C26H23N3O4. The Morgan fingerprint density at radius 2 is 1.70 bits per heavy atom. The Bertz CT molecular complexity index is 1410. The topological polar surface area (TPSA) is 82.5 Å². The summed E-state index contributed by atoms with van der Waals surface area (Å²) in [6, 6.07) is 19.8. The second-order valence-corrected chi connectivity index (χ2v) is 7.27. The molecule has 0 atom stereocenters. The lowest BCUT2D eigenvalue weighted by Crippen LogP contribution is -2.22. The van der Waals surface area contributed by atoms with Crippen LogP contribution in [0.4, 0.5) is 5.69 Å². The molecule has 0 radical (unpaired) electrons. The number of hydrogen-bond donors (Lipinski definition) is 1. The van der Waals surface area contributed by atoms with Crippen molar-refractivity contribution >= 4 is 34.6 Å². The molecule has 33 heavy (non-hydrogen) atoms. The van der Waals surface area contributed by atoms with Gasteiger partial charge in [-0.05, 0) is 54.6 Å². The number of para-hydroxylation sites is 2. The van der Waals surface area contributed by atoms with Crippen LogP contribution in [0.5, 0.6) is 11.5 Å². The second kappa shape index (κ2) is 9.40. The lowest BCUT2D eigenvalue weighted by molar-refractivity contribution is -0.114. The Morgan fingerprint density at radius 3 is 2.39 bits per heavy atom. The molecule has 0 aliphatic carbocycles. The molecule has 0 fully saturated rings. The van der Waals surface area contributed by atoms with Crippen molar-refractivity contribution in [1.82, 2.24) is 9.55 Å². The number of carbonyl (C=O) groups excluding carboxylic acids is 1. The van der Waals surface area contributed by atoms with E-state index in [4.69, 9.17) is 14.5 Å². The summed E-state index contributed by atoms with van der Waals surface area (Å²) < 4.78 is 12.4. The van der Waals surface area contributed by atoms with Crippen LogP contribution in [-0.2, 0) is 4.79 Å². The predicted molar refractivity (Wildman–Crippen MR) is 130 cm³/mol. The normalized spacial score (nSPS) is 11.0. The number of nitrogens with one attached hydrogen (secondary N) is 1. The van der Waals surface area contributed by atoms with Crippen LogP contribution in [0.1, 0.15) is 18.3 Å². The van der Waals surface area contributed by atoms with E-state index < -0.39 is 0 Å². The molecule has 3 aromatic carbocycles. The zero-order valence-corrected chi connectivity index (χ0v) is 18.5. The standard InChI is InChI=1S/C26H23N3O4/c1-17(30)27-19-12-14-20(15-13-19)29-24(28-22-9-5-4-8-21(22)26(29)31)16-11-18-7-6-10-23(32-2)25(18)33-3/h4-16H,1-3H3,(H,27,30)/b16-11+. The van der Waals surface area contributed by atoms with Crippen molar-refractivity contribution in [2.45, 2.75) is 6.92 Å². The minimum absolute atomic E-state index is 0.164. The van der Waals surface area contributed by atoms with E-state index in [1.165, 1.54) is 6.92 Å². The number of amides is 1. The molecule has 1 aromatic heterocycles. The van der Waals surface area contributed by atoms with Gasteiger partial charge in [0.15, 0.2) is 11.5 Å². The minimum atomic E-state index is -0.190. The number of ether oxygens (including phenoxy) is 2. The molecule has 0 bridgehead atoms. The Kier molecular flexibility index (Phi) is 6.22. The molecule has 166 valence electrons. The fourth-order valence-electron chi connectivity index (χ4n) is 3.62. The Morgan fingerprint density at radius 1 is 0.939 bits per heavy atom. The van der Waals surface area contributed by atoms with Gasteiger partial charge in [0.25, 0.3) is 5.56 Å². The fourth-order valence-corrected chi connectivity index (χ4v) is 3.62. The lowest BCUT2D eigenvalue weighted by Gasteiger charge is -2.13. The highest BCUT2D eigenvalue weighted by atomic mass is 16.5. The first kappa shape index (κ1) is 21.8. The highest BCUT2D eigenvalue weighted by Crippen LogP contribution is 2.32. The third kappa shape index (κ3) is 4.48. The SMILES string of the molecule is COc1cccc(/C=C/c2nc3ccccc3c(=O)n2-c2ccc(NC(C)=O)cc2)c1OC. The molecular weight excluding hydrogens is 418 g/mol. The van der Waals surface area contributed by atoms with Gasteiger partial charge in [0.1, 0.15) is 5.82 Å². The summed E-state index contributed by atoms with van der Waals surface area (Å²) in [5, 5.41) is 3.24. The summed E-state index contributed by atoms with van der Waals surface area (Å²) in [4.78, 5) is 29.5. The molecule has 0 spiro atoms. The van der Waals surface area contributed by atoms with Gasteiger partial charge < -0.3 is 14.8 Å². The molecule has 0 aliphatic heterocycles. The van der Waals surface area contributed by atoms with Crippen molar-refractivity contribution in [3.8, 4) is 17.2 Å². The molecule has 1 N–H and O–H groups in total. The molecule has 0 aliphatic rings. The van der Waals surface area contributed by atoms with Gasteiger partial charge in [-0.3, -0.25) is 14.2 Å². The maximum absolute atomic E-state index is 13.4. The molecule has 7 nitrogen and oxygen atoms in total. The van der Waals surface area contributed by atoms with Crippen LogP contribution in [0.2, 0.25) is 0 Å². The maximum atomic E-state index is 13.4. The van der Waals surface area contributed by atoms with Gasteiger partial charge in [-0.1, -0.05) is 24.3 Å². The van der Waals surface area contributed by atoms with Crippen molar-refractivity contribution < 1.29 is 14.3 Å². The Balaban J connectivity index is 1.87. The Hall–Kier alpha value is -4.39. The predicted octanol–water partition coefficient (Wildman–Crippen LogP) is 4.53. The van der Waals surface area contributed by atoms with E-state index in [9.17, 15) is 9.59 Å². The molecule has 0 saturated carbocycles. The van der Waals surface area contributed by atoms with Crippen LogP contribution in [0, 0.1) is 0 Å². The highest BCUT2D eigenvalue weighted by Gasteiger charge is 2.12. The number of carbonyl (C=O) groups is 1. The molecule has 1 amide bonds. The quantitative estimate of drug-likeness (QED) is 0.475. The zero-order chi connectivity index (χ0) is 23.4. The average Bonchev–Trinajstić information content (AvgIpc) is 2.83. The smallest absolute Gasteiger partial charge is 0.266 e. The summed E-state index contributed by atoms with van der Waals surface area (Å²) in [5.41, 5.74) is 2.47. The first-order valence-corrected chi connectivity index (χ1v) is 10.3. The highest BCUT2D eigenvalue weighted by molar-refractivity contribution is 5.88. The molecule has 0 saturated heterocycles. The lowest BCUT2D eigenvalue weighted by atomic mass is 10.1.